The van der Waals surface area contributed by atoms with E-state index in [1.54, 1.807) is 0 Å². The van der Waals surface area contributed by atoms with Gasteiger partial charge in [0, 0.05) is 0 Å². The van der Waals surface area contributed by atoms with E-state index in [1.807, 2.05) is 11.1 Å². The number of hydrogen-bond acceptors (Lipinski definition) is 1. The first-order valence-corrected chi connectivity index (χ1v) is 12.1. The standard InChI is InChI=1S/C27H44O/c1-19(2)8-6-9-21(4)25-16-17-27(5)23(10-7-11-26(25)27)14-13-22-18-24(28)15-12-20(22)3/h13,19,21,23-24,28H,3,6-12,14-18H2,1-2,4-5H3/b22-13+/t21-,23-,24+,27-/m1/s1. The van der Waals surface area contributed by atoms with Crippen molar-refractivity contribution in [2.45, 2.75) is 111 Å². The molecular weight excluding hydrogens is 340 g/mol. The van der Waals surface area contributed by atoms with Crippen LogP contribution in [-0.2, 0) is 0 Å². The molecule has 1 heteroatoms. The van der Waals surface area contributed by atoms with Gasteiger partial charge in [-0.05, 0) is 93.0 Å². The Bertz CT molecular complexity index is 622. The molecule has 2 fully saturated rings. The van der Waals surface area contributed by atoms with Crippen molar-refractivity contribution in [3.8, 4) is 0 Å². The summed E-state index contributed by atoms with van der Waals surface area (Å²) in [5.74, 6) is 2.38. The minimum Gasteiger partial charge on any atom is -0.393 e. The largest absolute Gasteiger partial charge is 0.393 e. The molecular formula is C27H44O. The Kier molecular flexibility index (Phi) is 7.29. The highest BCUT2D eigenvalue weighted by molar-refractivity contribution is 5.34. The van der Waals surface area contributed by atoms with Crippen molar-refractivity contribution in [1.82, 2.24) is 0 Å². The highest BCUT2D eigenvalue weighted by atomic mass is 16.3. The van der Waals surface area contributed by atoms with Gasteiger partial charge in [-0.15, -0.1) is 0 Å². The molecule has 4 atom stereocenters. The van der Waals surface area contributed by atoms with E-state index < -0.39 is 0 Å². The lowest BCUT2D eigenvalue weighted by Crippen LogP contribution is -2.31. The first-order chi connectivity index (χ1) is 13.3. The van der Waals surface area contributed by atoms with E-state index >= 15 is 0 Å². The maximum atomic E-state index is 10.0. The predicted octanol–water partition coefficient (Wildman–Crippen LogP) is 7.76. The number of aliphatic hydroxyl groups is 1. The van der Waals surface area contributed by atoms with E-state index in [-0.39, 0.29) is 6.10 Å². The second-order valence-corrected chi connectivity index (χ2v) is 10.7. The minimum absolute atomic E-state index is 0.154. The summed E-state index contributed by atoms with van der Waals surface area (Å²) in [5.41, 5.74) is 6.72. The second-order valence-electron chi connectivity index (χ2n) is 10.7. The Balaban J connectivity index is 1.69. The summed E-state index contributed by atoms with van der Waals surface area (Å²) in [6, 6.07) is 0. The van der Waals surface area contributed by atoms with Crippen molar-refractivity contribution in [2.75, 3.05) is 0 Å². The Morgan fingerprint density at radius 3 is 2.68 bits per heavy atom. The van der Waals surface area contributed by atoms with E-state index in [0.717, 1.165) is 37.0 Å². The van der Waals surface area contributed by atoms with Crippen LogP contribution in [0.25, 0.3) is 0 Å². The van der Waals surface area contributed by atoms with Gasteiger partial charge in [0.1, 0.15) is 0 Å². The first kappa shape index (κ1) is 21.9. The predicted molar refractivity (Wildman–Crippen MR) is 121 cm³/mol. The number of aliphatic hydroxyl groups excluding tert-OH is 1. The molecule has 0 aromatic heterocycles. The van der Waals surface area contributed by atoms with Gasteiger partial charge in [-0.25, -0.2) is 0 Å². The topological polar surface area (TPSA) is 20.2 Å². The van der Waals surface area contributed by atoms with E-state index in [2.05, 4.69) is 40.3 Å². The van der Waals surface area contributed by atoms with Crippen LogP contribution in [0.4, 0.5) is 0 Å². The van der Waals surface area contributed by atoms with Gasteiger partial charge in [0.2, 0.25) is 0 Å². The summed E-state index contributed by atoms with van der Waals surface area (Å²) < 4.78 is 0. The Morgan fingerprint density at radius 1 is 1.14 bits per heavy atom. The monoisotopic (exact) mass is 384 g/mol. The highest BCUT2D eigenvalue weighted by Crippen LogP contribution is 2.57. The third kappa shape index (κ3) is 4.84. The molecule has 3 aliphatic rings. The maximum Gasteiger partial charge on any atom is 0.0583 e. The third-order valence-corrected chi connectivity index (χ3v) is 8.22. The fourth-order valence-electron chi connectivity index (χ4n) is 6.25. The highest BCUT2D eigenvalue weighted by Gasteiger charge is 2.44. The molecule has 0 heterocycles. The van der Waals surface area contributed by atoms with Crippen LogP contribution >= 0.6 is 0 Å². The molecule has 0 amide bonds. The number of hydrogen-bond donors (Lipinski definition) is 1. The summed E-state index contributed by atoms with van der Waals surface area (Å²) in [6.07, 6.45) is 17.1. The molecule has 3 rings (SSSR count). The van der Waals surface area contributed by atoms with Gasteiger partial charge in [0.05, 0.1) is 6.10 Å². The molecule has 158 valence electrons. The normalized spacial score (nSPS) is 33.6. The molecule has 1 N–H and O–H groups in total. The van der Waals surface area contributed by atoms with E-state index in [9.17, 15) is 5.11 Å². The lowest BCUT2D eigenvalue weighted by atomic mass is 9.63. The van der Waals surface area contributed by atoms with Gasteiger partial charge in [-0.3, -0.25) is 0 Å². The van der Waals surface area contributed by atoms with Crippen molar-refractivity contribution >= 4 is 0 Å². The van der Waals surface area contributed by atoms with Gasteiger partial charge >= 0.3 is 0 Å². The van der Waals surface area contributed by atoms with Crippen LogP contribution < -0.4 is 0 Å². The van der Waals surface area contributed by atoms with E-state index in [4.69, 9.17) is 0 Å². The fourth-order valence-corrected chi connectivity index (χ4v) is 6.25. The molecule has 0 spiro atoms. The van der Waals surface area contributed by atoms with Gasteiger partial charge in [0.25, 0.3) is 0 Å². The lowest BCUT2D eigenvalue weighted by molar-refractivity contribution is 0.157. The zero-order valence-electron chi connectivity index (χ0n) is 19.0. The maximum absolute atomic E-state index is 10.0. The molecule has 2 saturated carbocycles. The Morgan fingerprint density at radius 2 is 1.93 bits per heavy atom. The minimum atomic E-state index is -0.154. The van der Waals surface area contributed by atoms with Crippen molar-refractivity contribution < 1.29 is 5.11 Å². The van der Waals surface area contributed by atoms with Crippen molar-refractivity contribution in [3.63, 3.8) is 0 Å². The molecule has 0 aromatic rings. The lowest BCUT2D eigenvalue weighted by Gasteiger charge is -2.41. The first-order valence-electron chi connectivity index (χ1n) is 12.1. The molecule has 0 aromatic carbocycles. The van der Waals surface area contributed by atoms with Crippen LogP contribution in [0.15, 0.2) is 34.9 Å². The van der Waals surface area contributed by atoms with E-state index in [0.29, 0.717) is 5.41 Å². The second kappa shape index (κ2) is 9.33. The molecule has 0 radical (unpaired) electrons. The molecule has 0 unspecified atom stereocenters. The van der Waals surface area contributed by atoms with Crippen LogP contribution in [0.1, 0.15) is 105 Å². The Labute approximate surface area is 174 Å². The van der Waals surface area contributed by atoms with Gasteiger partial charge in [-0.2, -0.15) is 0 Å². The van der Waals surface area contributed by atoms with Gasteiger partial charge < -0.3 is 5.11 Å². The van der Waals surface area contributed by atoms with Gasteiger partial charge in [-0.1, -0.05) is 69.9 Å². The van der Waals surface area contributed by atoms with Crippen LogP contribution in [-0.4, -0.2) is 11.2 Å². The molecule has 0 saturated heterocycles. The summed E-state index contributed by atoms with van der Waals surface area (Å²) in [4.78, 5) is 0. The third-order valence-electron chi connectivity index (χ3n) is 8.22. The number of rotatable bonds is 7. The summed E-state index contributed by atoms with van der Waals surface area (Å²) >= 11 is 0. The summed E-state index contributed by atoms with van der Waals surface area (Å²) in [5, 5.41) is 10.0. The molecule has 0 aliphatic heterocycles. The van der Waals surface area contributed by atoms with E-state index in [1.165, 1.54) is 68.9 Å². The zero-order valence-corrected chi connectivity index (χ0v) is 19.0. The molecule has 28 heavy (non-hydrogen) atoms. The smallest absolute Gasteiger partial charge is 0.0583 e. The molecule has 1 nitrogen and oxygen atoms in total. The van der Waals surface area contributed by atoms with Crippen molar-refractivity contribution in [3.05, 3.63) is 34.9 Å². The summed E-state index contributed by atoms with van der Waals surface area (Å²) in [6.45, 7) is 14.0. The van der Waals surface area contributed by atoms with Crippen molar-refractivity contribution in [2.24, 2.45) is 23.2 Å². The van der Waals surface area contributed by atoms with Crippen LogP contribution in [0.2, 0.25) is 0 Å². The number of fused-ring (bicyclic) bond motifs is 1. The zero-order chi connectivity index (χ0) is 20.3. The van der Waals surface area contributed by atoms with Crippen LogP contribution in [0.5, 0.6) is 0 Å². The quantitative estimate of drug-likeness (QED) is 0.445. The summed E-state index contributed by atoms with van der Waals surface area (Å²) in [7, 11) is 0. The van der Waals surface area contributed by atoms with Crippen molar-refractivity contribution in [1.29, 1.82) is 0 Å². The van der Waals surface area contributed by atoms with Gasteiger partial charge in [0.15, 0.2) is 0 Å². The fraction of sp³-hybridized carbons (Fsp3) is 0.778. The van der Waals surface area contributed by atoms with Crippen LogP contribution in [0.3, 0.4) is 0 Å². The average molecular weight is 385 g/mol. The number of allylic oxidation sites excluding steroid dienone is 4. The Hall–Kier alpha value is -0.820. The van der Waals surface area contributed by atoms with Crippen LogP contribution in [0, 0.1) is 23.2 Å². The molecule has 3 aliphatic carbocycles. The average Bonchev–Trinajstić information content (AvgIpc) is 3.00. The molecule has 0 bridgehead atoms. The SMILES string of the molecule is C=C1CC[C@H](O)C/C1=C\C[C@H]1CCCC2=C([C@H](C)CCCC(C)C)CC[C@@]21C.